The molecule has 0 bridgehead atoms. The van der Waals surface area contributed by atoms with Crippen molar-refractivity contribution in [1.82, 2.24) is 15.5 Å². The van der Waals surface area contributed by atoms with Crippen molar-refractivity contribution in [2.75, 3.05) is 53.6 Å². The van der Waals surface area contributed by atoms with Crippen LogP contribution in [0.1, 0.15) is 51.0 Å². The quantitative estimate of drug-likeness (QED) is 0.196. The predicted octanol–water partition coefficient (Wildman–Crippen LogP) is 3.86. The molecule has 2 N–H and O–H groups in total. The summed E-state index contributed by atoms with van der Waals surface area (Å²) in [4.78, 5) is 7.37. The number of hydrogen-bond acceptors (Lipinski definition) is 4. The monoisotopic (exact) mass is 532 g/mol. The van der Waals surface area contributed by atoms with Crippen molar-refractivity contribution in [3.05, 3.63) is 29.8 Å². The number of ether oxygens (including phenoxy) is 2. The molecule has 1 aromatic rings. The van der Waals surface area contributed by atoms with Gasteiger partial charge in [-0.1, -0.05) is 19.1 Å². The van der Waals surface area contributed by atoms with E-state index in [2.05, 4.69) is 41.5 Å². The SMILES string of the molecule is CCNC(=NCCC(C)c1ccc(OC)cc1)NC1CCN(CCCOC)CC1.I. The second-order valence-electron chi connectivity index (χ2n) is 7.83. The van der Waals surface area contributed by atoms with Crippen LogP contribution in [0, 0.1) is 0 Å². The Morgan fingerprint density at radius 2 is 1.90 bits per heavy atom. The Labute approximate surface area is 200 Å². The molecule has 6 nitrogen and oxygen atoms in total. The molecule has 1 fully saturated rings. The molecule has 0 aliphatic carbocycles. The molecular weight excluding hydrogens is 491 g/mol. The highest BCUT2D eigenvalue weighted by atomic mass is 127. The van der Waals surface area contributed by atoms with Gasteiger partial charge in [0.15, 0.2) is 5.96 Å². The number of nitrogens with zero attached hydrogens (tertiary/aromatic N) is 2. The smallest absolute Gasteiger partial charge is 0.191 e. The number of hydrogen-bond donors (Lipinski definition) is 2. The second-order valence-corrected chi connectivity index (χ2v) is 7.83. The third-order valence-corrected chi connectivity index (χ3v) is 5.61. The minimum absolute atomic E-state index is 0. The number of halogens is 1. The molecule has 1 heterocycles. The summed E-state index contributed by atoms with van der Waals surface area (Å²) in [5, 5.41) is 7.05. The van der Waals surface area contributed by atoms with E-state index in [0.717, 1.165) is 63.9 Å². The molecule has 1 aliphatic rings. The number of likely N-dealkylation sites (tertiary alicyclic amines) is 1. The largest absolute Gasteiger partial charge is 0.497 e. The maximum Gasteiger partial charge on any atom is 0.191 e. The lowest BCUT2D eigenvalue weighted by Crippen LogP contribution is -2.48. The normalized spacial score (nSPS) is 16.6. The lowest BCUT2D eigenvalue weighted by molar-refractivity contribution is 0.155. The van der Waals surface area contributed by atoms with Gasteiger partial charge in [0.05, 0.1) is 7.11 Å². The van der Waals surface area contributed by atoms with E-state index >= 15 is 0 Å². The molecule has 0 aromatic heterocycles. The van der Waals surface area contributed by atoms with Gasteiger partial charge in [0.1, 0.15) is 5.75 Å². The Kier molecular flexibility index (Phi) is 14.1. The highest BCUT2D eigenvalue weighted by Crippen LogP contribution is 2.21. The van der Waals surface area contributed by atoms with E-state index in [4.69, 9.17) is 14.5 Å². The van der Waals surface area contributed by atoms with Crippen molar-refractivity contribution in [1.29, 1.82) is 0 Å². The van der Waals surface area contributed by atoms with Gasteiger partial charge in [0.25, 0.3) is 0 Å². The molecule has 1 atom stereocenters. The van der Waals surface area contributed by atoms with Crippen molar-refractivity contribution >= 4 is 29.9 Å². The van der Waals surface area contributed by atoms with E-state index in [1.807, 2.05) is 12.1 Å². The molecule has 1 aromatic carbocycles. The van der Waals surface area contributed by atoms with E-state index in [-0.39, 0.29) is 24.0 Å². The van der Waals surface area contributed by atoms with Crippen molar-refractivity contribution in [2.45, 2.75) is 51.5 Å². The molecule has 1 saturated heterocycles. The van der Waals surface area contributed by atoms with Gasteiger partial charge in [-0.15, -0.1) is 24.0 Å². The third-order valence-electron chi connectivity index (χ3n) is 5.61. The summed E-state index contributed by atoms with van der Waals surface area (Å²) in [6.07, 6.45) is 4.48. The first-order chi connectivity index (χ1) is 14.2. The summed E-state index contributed by atoms with van der Waals surface area (Å²) in [6.45, 7) is 10.4. The number of piperidine rings is 1. The summed E-state index contributed by atoms with van der Waals surface area (Å²) in [5.74, 6) is 2.33. The fourth-order valence-electron chi connectivity index (χ4n) is 3.72. The molecule has 0 saturated carbocycles. The maximum absolute atomic E-state index is 5.24. The number of methoxy groups -OCH3 is 2. The van der Waals surface area contributed by atoms with Gasteiger partial charge >= 0.3 is 0 Å². The Hall–Kier alpha value is -1.06. The van der Waals surface area contributed by atoms with Crippen molar-refractivity contribution < 1.29 is 9.47 Å². The average molecular weight is 533 g/mol. The minimum Gasteiger partial charge on any atom is -0.497 e. The van der Waals surface area contributed by atoms with Crippen LogP contribution < -0.4 is 15.4 Å². The zero-order valence-electron chi connectivity index (χ0n) is 19.2. The predicted molar refractivity (Wildman–Crippen MR) is 137 cm³/mol. The molecule has 172 valence electrons. The lowest BCUT2D eigenvalue weighted by atomic mass is 9.98. The van der Waals surface area contributed by atoms with Gasteiger partial charge in [-0.2, -0.15) is 0 Å². The first-order valence-corrected chi connectivity index (χ1v) is 11.1. The molecular formula is C23H41IN4O2. The second kappa shape index (κ2) is 15.7. The van der Waals surface area contributed by atoms with Crippen LogP contribution in [0.4, 0.5) is 0 Å². The zero-order valence-corrected chi connectivity index (χ0v) is 21.5. The van der Waals surface area contributed by atoms with Crippen LogP contribution in [0.15, 0.2) is 29.3 Å². The standard InChI is InChI=1S/C23H40N4O2.HI/c1-5-24-23(26-21-12-16-27(17-13-21)15-6-18-28-3)25-14-11-19(2)20-7-9-22(29-4)10-8-20;/h7-10,19,21H,5-6,11-18H2,1-4H3,(H2,24,25,26);1H. The number of benzene rings is 1. The van der Waals surface area contributed by atoms with Crippen LogP contribution >= 0.6 is 24.0 Å². The van der Waals surface area contributed by atoms with Crippen LogP contribution in [0.2, 0.25) is 0 Å². The molecule has 0 radical (unpaired) electrons. The summed E-state index contributed by atoms with van der Waals surface area (Å²) < 4.78 is 10.4. The zero-order chi connectivity index (χ0) is 20.9. The van der Waals surface area contributed by atoms with Gasteiger partial charge in [-0.05, 0) is 56.2 Å². The van der Waals surface area contributed by atoms with Crippen LogP contribution in [-0.4, -0.2) is 70.5 Å². The molecule has 30 heavy (non-hydrogen) atoms. The summed E-state index contributed by atoms with van der Waals surface area (Å²) in [5.41, 5.74) is 1.33. The van der Waals surface area contributed by atoms with Crippen LogP contribution in [0.5, 0.6) is 5.75 Å². The summed E-state index contributed by atoms with van der Waals surface area (Å²) in [6, 6.07) is 8.87. The van der Waals surface area contributed by atoms with Gasteiger partial charge in [0.2, 0.25) is 0 Å². The maximum atomic E-state index is 5.24. The topological polar surface area (TPSA) is 58.1 Å². The Morgan fingerprint density at radius 3 is 2.50 bits per heavy atom. The van der Waals surface area contributed by atoms with E-state index in [0.29, 0.717) is 12.0 Å². The molecule has 1 aliphatic heterocycles. The van der Waals surface area contributed by atoms with Gasteiger partial charge < -0.3 is 25.0 Å². The van der Waals surface area contributed by atoms with Gasteiger partial charge in [-0.3, -0.25) is 4.99 Å². The fourth-order valence-corrected chi connectivity index (χ4v) is 3.72. The van der Waals surface area contributed by atoms with Crippen LogP contribution in [-0.2, 0) is 4.74 Å². The highest BCUT2D eigenvalue weighted by molar-refractivity contribution is 14.0. The average Bonchev–Trinajstić information content (AvgIpc) is 2.75. The molecule has 7 heteroatoms. The Balaban J connectivity index is 0.00000450. The number of aliphatic imine (C=N–C) groups is 1. The van der Waals surface area contributed by atoms with Crippen LogP contribution in [0.3, 0.4) is 0 Å². The van der Waals surface area contributed by atoms with E-state index in [1.165, 1.54) is 18.4 Å². The molecule has 0 spiro atoms. The lowest BCUT2D eigenvalue weighted by Gasteiger charge is -2.33. The van der Waals surface area contributed by atoms with E-state index < -0.39 is 0 Å². The Morgan fingerprint density at radius 1 is 1.20 bits per heavy atom. The van der Waals surface area contributed by atoms with Crippen LogP contribution in [0.25, 0.3) is 0 Å². The summed E-state index contributed by atoms with van der Waals surface area (Å²) in [7, 11) is 3.48. The number of nitrogens with one attached hydrogen (secondary N) is 2. The molecule has 0 amide bonds. The van der Waals surface area contributed by atoms with E-state index in [1.54, 1.807) is 14.2 Å². The minimum atomic E-state index is 0. The van der Waals surface area contributed by atoms with Crippen molar-refractivity contribution in [3.8, 4) is 5.75 Å². The Bertz CT molecular complexity index is 589. The van der Waals surface area contributed by atoms with Gasteiger partial charge in [-0.25, -0.2) is 0 Å². The van der Waals surface area contributed by atoms with Crippen molar-refractivity contribution in [2.24, 2.45) is 4.99 Å². The number of guanidine groups is 1. The first-order valence-electron chi connectivity index (χ1n) is 11.1. The molecule has 1 unspecified atom stereocenters. The first kappa shape index (κ1) is 27.0. The number of rotatable bonds is 11. The molecule has 2 rings (SSSR count). The van der Waals surface area contributed by atoms with Gasteiger partial charge in [0, 0.05) is 52.5 Å². The summed E-state index contributed by atoms with van der Waals surface area (Å²) >= 11 is 0. The third kappa shape index (κ3) is 9.83. The van der Waals surface area contributed by atoms with Crippen molar-refractivity contribution in [3.63, 3.8) is 0 Å². The highest BCUT2D eigenvalue weighted by Gasteiger charge is 2.19. The fraction of sp³-hybridized carbons (Fsp3) is 0.696. The van der Waals surface area contributed by atoms with E-state index in [9.17, 15) is 0 Å².